The molecule has 2 aromatic carbocycles. The van der Waals surface area contributed by atoms with Gasteiger partial charge in [0.2, 0.25) is 5.91 Å². The van der Waals surface area contributed by atoms with E-state index in [0.717, 1.165) is 38.3 Å². The summed E-state index contributed by atoms with van der Waals surface area (Å²) in [6.45, 7) is 1.95. The lowest BCUT2D eigenvalue weighted by atomic mass is 10.0. The average molecular weight is 436 g/mol. The van der Waals surface area contributed by atoms with Crippen LogP contribution in [-0.4, -0.2) is 26.2 Å². The van der Waals surface area contributed by atoms with E-state index in [1.165, 1.54) is 12.1 Å². The van der Waals surface area contributed by atoms with Gasteiger partial charge in [0.05, 0.1) is 18.3 Å². The van der Waals surface area contributed by atoms with E-state index in [4.69, 9.17) is 0 Å². The monoisotopic (exact) mass is 435 g/mol. The van der Waals surface area contributed by atoms with Gasteiger partial charge in [-0.25, -0.2) is 4.39 Å². The summed E-state index contributed by atoms with van der Waals surface area (Å²) in [7, 11) is 0.741. The van der Waals surface area contributed by atoms with Crippen molar-refractivity contribution >= 4 is 39.6 Å². The quantitative estimate of drug-likeness (QED) is 0.634. The summed E-state index contributed by atoms with van der Waals surface area (Å²) in [5.41, 5.74) is 5.87. The molecule has 1 aliphatic rings. The van der Waals surface area contributed by atoms with Gasteiger partial charge in [-0.05, 0) is 70.7 Å². The Morgan fingerprint density at radius 3 is 2.58 bits per heavy atom. The lowest BCUT2D eigenvalue weighted by molar-refractivity contribution is -0.115. The third-order valence-electron chi connectivity index (χ3n) is 5.30. The number of aryl methyl sites for hydroxylation is 1. The van der Waals surface area contributed by atoms with E-state index in [-0.39, 0.29) is 18.1 Å². The van der Waals surface area contributed by atoms with E-state index >= 15 is 0 Å². The predicted molar refractivity (Wildman–Crippen MR) is 122 cm³/mol. The summed E-state index contributed by atoms with van der Waals surface area (Å²) in [5, 5.41) is 6.89. The van der Waals surface area contributed by atoms with Crippen molar-refractivity contribution in [3.05, 3.63) is 82.9 Å². The normalized spacial score (nSPS) is 15.3. The molecule has 1 amide bonds. The molecule has 1 heterocycles. The largest absolute Gasteiger partial charge is 0.323 e. The molecule has 0 saturated carbocycles. The van der Waals surface area contributed by atoms with Crippen LogP contribution in [0.3, 0.4) is 0 Å². The van der Waals surface area contributed by atoms with Crippen LogP contribution in [0.25, 0.3) is 17.2 Å². The van der Waals surface area contributed by atoms with E-state index in [9.17, 15) is 13.4 Å². The van der Waals surface area contributed by atoms with Gasteiger partial charge in [0.25, 0.3) is 0 Å². The zero-order valence-electron chi connectivity index (χ0n) is 17.5. The Morgan fingerprint density at radius 2 is 1.94 bits per heavy atom. The van der Waals surface area contributed by atoms with Crippen molar-refractivity contribution in [2.45, 2.75) is 18.2 Å². The molecule has 1 aromatic heterocycles. The number of allylic oxidation sites excluding steroid dienone is 2. The first-order valence-corrected chi connectivity index (χ1v) is 11.3. The van der Waals surface area contributed by atoms with Gasteiger partial charge < -0.3 is 5.32 Å². The number of benzene rings is 2. The number of hydrogen-bond donors (Lipinski definition) is 1. The lowest BCUT2D eigenvalue weighted by Gasteiger charge is -2.07. The van der Waals surface area contributed by atoms with E-state index in [0.29, 0.717) is 5.69 Å². The van der Waals surface area contributed by atoms with E-state index in [2.05, 4.69) is 10.4 Å². The fraction of sp³-hybridized carbons (Fsp3) is 0.167. The molecule has 5 nitrogen and oxygen atoms in total. The Bertz CT molecular complexity index is 1260. The Hall–Kier alpha value is -3.32. The summed E-state index contributed by atoms with van der Waals surface area (Å²) >= 11 is 0. The van der Waals surface area contributed by atoms with Gasteiger partial charge in [-0.3, -0.25) is 13.7 Å². The Morgan fingerprint density at radius 1 is 1.19 bits per heavy atom. The fourth-order valence-electron chi connectivity index (χ4n) is 3.76. The number of carbonyl (C=O) groups excluding carboxylic acids is 1. The minimum Gasteiger partial charge on any atom is -0.323 e. The minimum atomic E-state index is -1.04. The summed E-state index contributed by atoms with van der Waals surface area (Å²) in [6, 6.07) is 12.2. The second-order valence-corrected chi connectivity index (χ2v) is 8.88. The lowest BCUT2D eigenvalue weighted by Crippen LogP contribution is -2.11. The first-order valence-electron chi connectivity index (χ1n) is 9.76. The molecule has 3 aromatic rings. The van der Waals surface area contributed by atoms with Crippen molar-refractivity contribution < 1.29 is 13.4 Å². The first-order chi connectivity index (χ1) is 14.8. The van der Waals surface area contributed by atoms with Gasteiger partial charge in [0, 0.05) is 35.2 Å². The van der Waals surface area contributed by atoms with Crippen molar-refractivity contribution in [3.8, 4) is 0 Å². The molecule has 1 N–H and O–H groups in total. The topological polar surface area (TPSA) is 64.0 Å². The van der Waals surface area contributed by atoms with Gasteiger partial charge in [0.1, 0.15) is 5.82 Å². The molecule has 0 radical (unpaired) electrons. The third-order valence-corrected chi connectivity index (χ3v) is 6.24. The second-order valence-electron chi connectivity index (χ2n) is 7.50. The number of halogens is 1. The molecule has 1 atom stereocenters. The zero-order valence-corrected chi connectivity index (χ0v) is 18.3. The summed E-state index contributed by atoms with van der Waals surface area (Å²) < 4.78 is 27.3. The van der Waals surface area contributed by atoms with E-state index in [1.54, 1.807) is 36.4 Å². The zero-order chi connectivity index (χ0) is 22.1. The van der Waals surface area contributed by atoms with E-state index in [1.807, 2.05) is 37.3 Å². The van der Waals surface area contributed by atoms with Gasteiger partial charge >= 0.3 is 0 Å². The van der Waals surface area contributed by atoms with Crippen molar-refractivity contribution in [2.24, 2.45) is 7.05 Å². The molecular formula is C24H22FN3O2S. The number of fused-ring (bicyclic) bond motifs is 1. The van der Waals surface area contributed by atoms with Crippen LogP contribution in [0.4, 0.5) is 10.1 Å². The highest BCUT2D eigenvalue weighted by Crippen LogP contribution is 2.44. The highest BCUT2D eigenvalue weighted by atomic mass is 32.2. The number of aromatic nitrogens is 2. The van der Waals surface area contributed by atoms with Crippen molar-refractivity contribution in [1.82, 2.24) is 9.78 Å². The number of rotatable bonds is 5. The SMILES string of the molecule is CC1=C(CC(=O)Nc2cnn(C)c2)c2cc(F)ccc2/C1=C\c1ccc(S(C)=O)cc1. The van der Waals surface area contributed by atoms with Gasteiger partial charge in [-0.15, -0.1) is 0 Å². The summed E-state index contributed by atoms with van der Waals surface area (Å²) in [5.74, 6) is -0.527. The fourth-order valence-corrected chi connectivity index (χ4v) is 4.27. The van der Waals surface area contributed by atoms with Crippen molar-refractivity contribution in [3.63, 3.8) is 0 Å². The predicted octanol–water partition coefficient (Wildman–Crippen LogP) is 4.65. The summed E-state index contributed by atoms with van der Waals surface area (Å²) in [6.07, 6.45) is 7.09. The van der Waals surface area contributed by atoms with Crippen LogP contribution in [0.5, 0.6) is 0 Å². The number of nitrogens with zero attached hydrogens (tertiary/aromatic N) is 2. The van der Waals surface area contributed by atoms with Crippen molar-refractivity contribution in [1.29, 1.82) is 0 Å². The Balaban J connectivity index is 1.68. The molecule has 1 aliphatic carbocycles. The van der Waals surface area contributed by atoms with E-state index < -0.39 is 10.8 Å². The molecule has 31 heavy (non-hydrogen) atoms. The standard InChI is InChI=1S/C24H22FN3O2S/c1-15-21(10-16-4-7-19(8-5-16)31(3)30)20-9-6-17(25)11-23(20)22(15)12-24(29)27-18-13-26-28(2)14-18/h4-11,13-14H,12H2,1-3H3,(H,27,29)/b21-10-. The van der Waals surface area contributed by atoms with Crippen LogP contribution in [0, 0.1) is 5.82 Å². The summed E-state index contributed by atoms with van der Waals surface area (Å²) in [4.78, 5) is 13.4. The molecule has 7 heteroatoms. The number of anilines is 1. The molecular weight excluding hydrogens is 413 g/mol. The van der Waals surface area contributed by atoms with Gasteiger partial charge in [-0.2, -0.15) is 5.10 Å². The number of carbonyl (C=O) groups is 1. The minimum absolute atomic E-state index is 0.127. The van der Waals surface area contributed by atoms with Crippen LogP contribution >= 0.6 is 0 Å². The molecule has 0 bridgehead atoms. The van der Waals surface area contributed by atoms with Gasteiger partial charge in [0.15, 0.2) is 0 Å². The number of hydrogen-bond acceptors (Lipinski definition) is 3. The Labute approximate surface area is 182 Å². The van der Waals surface area contributed by atoms with Crippen LogP contribution in [0.15, 0.2) is 65.3 Å². The average Bonchev–Trinajstić information content (AvgIpc) is 3.24. The number of nitrogens with one attached hydrogen (secondary N) is 1. The molecule has 1 unspecified atom stereocenters. The highest BCUT2D eigenvalue weighted by Gasteiger charge is 2.26. The maximum Gasteiger partial charge on any atom is 0.228 e. The molecule has 158 valence electrons. The van der Waals surface area contributed by atoms with Gasteiger partial charge in [-0.1, -0.05) is 18.2 Å². The molecule has 4 rings (SSSR count). The maximum atomic E-state index is 14.0. The molecule has 0 spiro atoms. The van der Waals surface area contributed by atoms with Crippen LogP contribution in [-0.2, 0) is 22.6 Å². The highest BCUT2D eigenvalue weighted by molar-refractivity contribution is 7.84. The van der Waals surface area contributed by atoms with Crippen LogP contribution in [0.1, 0.15) is 30.0 Å². The first kappa shape index (κ1) is 20.9. The third kappa shape index (κ3) is 4.41. The smallest absolute Gasteiger partial charge is 0.228 e. The molecule has 0 aliphatic heterocycles. The maximum absolute atomic E-state index is 14.0. The van der Waals surface area contributed by atoms with Crippen LogP contribution < -0.4 is 5.32 Å². The second kappa shape index (κ2) is 8.43. The molecule has 0 fully saturated rings. The number of amides is 1. The molecule has 0 saturated heterocycles. The van der Waals surface area contributed by atoms with Crippen molar-refractivity contribution in [2.75, 3.05) is 11.6 Å². The Kier molecular flexibility index (Phi) is 5.69. The van der Waals surface area contributed by atoms with Crippen LogP contribution in [0.2, 0.25) is 0 Å².